The standard InChI is InChI=1S/C23H24ClN3O2/c1-2-29-19-13-11-18(12-14-19)25-23(28)21-20-6-4-3-5-15-27(20)22(26-21)16-7-9-17(24)10-8-16/h7-14H,2-6,15H2,1H3,(H,25,28). The number of amides is 1. The molecular formula is C23H24ClN3O2. The number of halogens is 1. The maximum atomic E-state index is 13.1. The van der Waals surface area contributed by atoms with Crippen molar-refractivity contribution in [2.24, 2.45) is 0 Å². The number of nitrogens with one attached hydrogen (secondary N) is 1. The molecule has 1 aromatic heterocycles. The van der Waals surface area contributed by atoms with Crippen LogP contribution in [0.2, 0.25) is 5.02 Å². The Hall–Kier alpha value is -2.79. The van der Waals surface area contributed by atoms with Crippen molar-refractivity contribution in [3.05, 3.63) is 64.9 Å². The molecule has 0 unspecified atom stereocenters. The number of benzene rings is 2. The van der Waals surface area contributed by atoms with E-state index in [1.54, 1.807) is 0 Å². The summed E-state index contributed by atoms with van der Waals surface area (Å²) in [6.45, 7) is 3.43. The quantitative estimate of drug-likeness (QED) is 0.598. The summed E-state index contributed by atoms with van der Waals surface area (Å²) in [7, 11) is 0. The van der Waals surface area contributed by atoms with E-state index in [2.05, 4.69) is 9.88 Å². The number of hydrogen-bond acceptors (Lipinski definition) is 3. The topological polar surface area (TPSA) is 56.1 Å². The molecule has 29 heavy (non-hydrogen) atoms. The zero-order chi connectivity index (χ0) is 20.2. The van der Waals surface area contributed by atoms with Crippen molar-refractivity contribution in [3.63, 3.8) is 0 Å². The van der Waals surface area contributed by atoms with Crippen LogP contribution in [-0.2, 0) is 13.0 Å². The number of hydrogen-bond donors (Lipinski definition) is 1. The van der Waals surface area contributed by atoms with Gasteiger partial charge in [0.2, 0.25) is 0 Å². The number of carbonyl (C=O) groups is 1. The van der Waals surface area contributed by atoms with Crippen LogP contribution < -0.4 is 10.1 Å². The van der Waals surface area contributed by atoms with Crippen LogP contribution in [0.5, 0.6) is 5.75 Å². The minimum absolute atomic E-state index is 0.181. The lowest BCUT2D eigenvalue weighted by molar-refractivity contribution is 0.102. The smallest absolute Gasteiger partial charge is 0.276 e. The van der Waals surface area contributed by atoms with E-state index in [1.807, 2.05) is 55.5 Å². The molecule has 0 bridgehead atoms. The third kappa shape index (κ3) is 4.30. The van der Waals surface area contributed by atoms with Gasteiger partial charge in [0.1, 0.15) is 17.3 Å². The molecule has 5 nitrogen and oxygen atoms in total. The Kier molecular flexibility index (Phi) is 5.86. The predicted molar refractivity (Wildman–Crippen MR) is 116 cm³/mol. The van der Waals surface area contributed by atoms with Crippen molar-refractivity contribution >= 4 is 23.2 Å². The molecule has 0 spiro atoms. The summed E-state index contributed by atoms with van der Waals surface area (Å²) >= 11 is 6.05. The van der Waals surface area contributed by atoms with Gasteiger partial charge in [-0.25, -0.2) is 4.98 Å². The number of ether oxygens (including phenoxy) is 1. The molecule has 2 heterocycles. The fraction of sp³-hybridized carbons (Fsp3) is 0.304. The number of anilines is 1. The van der Waals surface area contributed by atoms with Crippen molar-refractivity contribution in [2.45, 2.75) is 39.2 Å². The zero-order valence-corrected chi connectivity index (χ0v) is 17.2. The Labute approximate surface area is 175 Å². The van der Waals surface area contributed by atoms with Gasteiger partial charge < -0.3 is 14.6 Å². The zero-order valence-electron chi connectivity index (χ0n) is 16.5. The van der Waals surface area contributed by atoms with Crippen molar-refractivity contribution < 1.29 is 9.53 Å². The Morgan fingerprint density at radius 2 is 1.86 bits per heavy atom. The van der Waals surface area contributed by atoms with Crippen molar-refractivity contribution in [2.75, 3.05) is 11.9 Å². The van der Waals surface area contributed by atoms with Crippen LogP contribution in [-0.4, -0.2) is 22.1 Å². The fourth-order valence-corrected chi connectivity index (χ4v) is 3.84. The molecule has 0 fully saturated rings. The van der Waals surface area contributed by atoms with E-state index in [0.717, 1.165) is 60.7 Å². The number of rotatable bonds is 5. The lowest BCUT2D eigenvalue weighted by atomic mass is 10.1. The summed E-state index contributed by atoms with van der Waals surface area (Å²) in [5.74, 6) is 1.43. The molecule has 1 amide bonds. The molecule has 0 saturated carbocycles. The van der Waals surface area contributed by atoms with Crippen LogP contribution in [0.25, 0.3) is 11.4 Å². The lowest BCUT2D eigenvalue weighted by Crippen LogP contribution is -2.15. The second-order valence-corrected chi connectivity index (χ2v) is 7.55. The van der Waals surface area contributed by atoms with E-state index in [4.69, 9.17) is 21.3 Å². The average Bonchev–Trinajstić information content (AvgIpc) is 2.91. The first kappa shape index (κ1) is 19.5. The highest BCUT2D eigenvalue weighted by Crippen LogP contribution is 2.28. The van der Waals surface area contributed by atoms with E-state index in [0.29, 0.717) is 17.3 Å². The van der Waals surface area contributed by atoms with Crippen LogP contribution in [0.3, 0.4) is 0 Å². The summed E-state index contributed by atoms with van der Waals surface area (Å²) < 4.78 is 7.66. The first-order chi connectivity index (χ1) is 14.2. The molecule has 150 valence electrons. The highest BCUT2D eigenvalue weighted by atomic mass is 35.5. The van der Waals surface area contributed by atoms with Gasteiger partial charge in [0.05, 0.1) is 12.3 Å². The Morgan fingerprint density at radius 1 is 1.10 bits per heavy atom. The van der Waals surface area contributed by atoms with Crippen molar-refractivity contribution in [3.8, 4) is 17.1 Å². The van der Waals surface area contributed by atoms with Gasteiger partial charge in [-0.3, -0.25) is 4.79 Å². The minimum atomic E-state index is -0.181. The first-order valence-corrected chi connectivity index (χ1v) is 10.4. The molecule has 6 heteroatoms. The van der Waals surface area contributed by atoms with Crippen LogP contribution in [0.15, 0.2) is 48.5 Å². The summed E-state index contributed by atoms with van der Waals surface area (Å²) in [5.41, 5.74) is 3.21. The Morgan fingerprint density at radius 3 is 2.59 bits per heavy atom. The van der Waals surface area contributed by atoms with E-state index in [9.17, 15) is 4.79 Å². The highest BCUT2D eigenvalue weighted by molar-refractivity contribution is 6.30. The maximum absolute atomic E-state index is 13.1. The van der Waals surface area contributed by atoms with Crippen molar-refractivity contribution in [1.82, 2.24) is 9.55 Å². The molecule has 3 aromatic rings. The Balaban J connectivity index is 1.65. The van der Waals surface area contributed by atoms with E-state index >= 15 is 0 Å². The van der Waals surface area contributed by atoms with Gasteiger partial charge in [-0.15, -0.1) is 0 Å². The van der Waals surface area contributed by atoms with Crippen LogP contribution >= 0.6 is 11.6 Å². The lowest BCUT2D eigenvalue weighted by Gasteiger charge is -2.09. The molecule has 0 atom stereocenters. The summed E-state index contributed by atoms with van der Waals surface area (Å²) in [6, 6.07) is 15.0. The SMILES string of the molecule is CCOc1ccc(NC(=O)c2nc(-c3ccc(Cl)cc3)n3c2CCCCC3)cc1. The number of carbonyl (C=O) groups excluding carboxylic acids is 1. The summed E-state index contributed by atoms with van der Waals surface area (Å²) in [4.78, 5) is 17.8. The van der Waals surface area contributed by atoms with Crippen LogP contribution in [0.1, 0.15) is 42.4 Å². The summed E-state index contributed by atoms with van der Waals surface area (Å²) in [6.07, 6.45) is 4.16. The van der Waals surface area contributed by atoms with Crippen LogP contribution in [0, 0.1) is 0 Å². The predicted octanol–water partition coefficient (Wildman–Crippen LogP) is 5.58. The highest BCUT2D eigenvalue weighted by Gasteiger charge is 2.24. The molecular weight excluding hydrogens is 386 g/mol. The normalized spacial score (nSPS) is 13.4. The fourth-order valence-electron chi connectivity index (χ4n) is 3.71. The third-order valence-electron chi connectivity index (χ3n) is 5.11. The maximum Gasteiger partial charge on any atom is 0.276 e. The number of aromatic nitrogens is 2. The average molecular weight is 410 g/mol. The number of imidazole rings is 1. The van der Waals surface area contributed by atoms with E-state index in [1.165, 1.54) is 0 Å². The molecule has 1 aliphatic rings. The molecule has 2 aromatic carbocycles. The molecule has 1 aliphatic heterocycles. The van der Waals surface area contributed by atoms with Gasteiger partial charge in [-0.05, 0) is 74.7 Å². The molecule has 0 radical (unpaired) electrons. The van der Waals surface area contributed by atoms with Gasteiger partial charge in [-0.2, -0.15) is 0 Å². The van der Waals surface area contributed by atoms with Gasteiger partial charge in [0, 0.05) is 22.8 Å². The first-order valence-electron chi connectivity index (χ1n) is 10.0. The number of fused-ring (bicyclic) bond motifs is 1. The largest absolute Gasteiger partial charge is 0.494 e. The van der Waals surface area contributed by atoms with Crippen LogP contribution in [0.4, 0.5) is 5.69 Å². The van der Waals surface area contributed by atoms with Gasteiger partial charge in [0.25, 0.3) is 5.91 Å². The molecule has 0 saturated heterocycles. The minimum Gasteiger partial charge on any atom is -0.494 e. The van der Waals surface area contributed by atoms with Gasteiger partial charge in [0.15, 0.2) is 0 Å². The monoisotopic (exact) mass is 409 g/mol. The second kappa shape index (κ2) is 8.70. The second-order valence-electron chi connectivity index (χ2n) is 7.11. The Bertz CT molecular complexity index is 994. The molecule has 1 N–H and O–H groups in total. The van der Waals surface area contributed by atoms with E-state index < -0.39 is 0 Å². The number of nitrogens with zero attached hydrogens (tertiary/aromatic N) is 2. The van der Waals surface area contributed by atoms with Gasteiger partial charge >= 0.3 is 0 Å². The molecule has 0 aliphatic carbocycles. The van der Waals surface area contributed by atoms with Gasteiger partial charge in [-0.1, -0.05) is 18.0 Å². The third-order valence-corrected chi connectivity index (χ3v) is 5.36. The summed E-state index contributed by atoms with van der Waals surface area (Å²) in [5, 5.41) is 3.67. The molecule has 4 rings (SSSR count). The van der Waals surface area contributed by atoms with Crippen molar-refractivity contribution in [1.29, 1.82) is 0 Å². The van der Waals surface area contributed by atoms with E-state index in [-0.39, 0.29) is 5.91 Å².